The Morgan fingerprint density at radius 1 is 1.15 bits per heavy atom. The van der Waals surface area contributed by atoms with Crippen LogP contribution >= 0.6 is 0 Å². The molecule has 0 bridgehead atoms. The molecule has 0 saturated carbocycles. The van der Waals surface area contributed by atoms with Crippen LogP contribution in [-0.2, 0) is 22.8 Å². The number of amides is 1. The third kappa shape index (κ3) is 4.93. The number of nitrogens with zero attached hydrogens (tertiary/aromatic N) is 3. The molecule has 0 aliphatic carbocycles. The number of nitrogens with one attached hydrogen (secondary N) is 2. The van der Waals surface area contributed by atoms with Crippen molar-refractivity contribution < 1.29 is 31.2 Å². The largest absolute Gasteiger partial charge is 0.417 e. The predicted molar refractivity (Wildman–Crippen MR) is 112 cm³/mol. The maximum atomic E-state index is 13.9. The molecular weight excluding hydrogens is 463 g/mol. The van der Waals surface area contributed by atoms with Crippen molar-refractivity contribution in [3.63, 3.8) is 0 Å². The molecule has 2 N–H and O–H groups in total. The van der Waals surface area contributed by atoms with Gasteiger partial charge in [0.05, 0.1) is 23.6 Å². The quantitative estimate of drug-likeness (QED) is 0.561. The molecule has 2 aromatic carbocycles. The Balaban J connectivity index is 1.75. The van der Waals surface area contributed by atoms with Crippen LogP contribution in [0.1, 0.15) is 21.5 Å². The highest BCUT2D eigenvalue weighted by Gasteiger charge is 2.38. The number of anilines is 1. The Kier molecular flexibility index (Phi) is 5.76. The predicted octanol–water partition coefficient (Wildman–Crippen LogP) is 2.49. The third-order valence-corrected chi connectivity index (χ3v) is 5.28. The van der Waals surface area contributed by atoms with Crippen molar-refractivity contribution in [3.8, 4) is 11.3 Å². The van der Waals surface area contributed by atoms with Crippen LogP contribution in [0.4, 0.5) is 18.9 Å². The van der Waals surface area contributed by atoms with E-state index in [4.69, 9.17) is 4.84 Å². The molecule has 0 spiro atoms. The lowest BCUT2D eigenvalue weighted by atomic mass is 9.97. The van der Waals surface area contributed by atoms with Crippen LogP contribution < -0.4 is 15.0 Å². The summed E-state index contributed by atoms with van der Waals surface area (Å²) < 4.78 is 64.8. The van der Waals surface area contributed by atoms with Crippen molar-refractivity contribution in [2.45, 2.75) is 12.8 Å². The van der Waals surface area contributed by atoms with E-state index in [0.717, 1.165) is 33.8 Å². The van der Waals surface area contributed by atoms with Crippen molar-refractivity contribution in [1.82, 2.24) is 19.8 Å². The molecule has 13 heteroatoms. The number of benzene rings is 2. The van der Waals surface area contributed by atoms with Crippen molar-refractivity contribution in [3.05, 3.63) is 71.4 Å². The lowest BCUT2D eigenvalue weighted by molar-refractivity contribution is -0.137. The number of rotatable bonds is 6. The molecule has 174 valence electrons. The fourth-order valence-corrected chi connectivity index (χ4v) is 3.87. The highest BCUT2D eigenvalue weighted by atomic mass is 32.2. The average molecular weight is 481 g/mol. The third-order valence-electron chi connectivity index (χ3n) is 4.72. The number of alkyl halides is 3. The number of hydrogen-bond donors (Lipinski definition) is 2. The van der Waals surface area contributed by atoms with Gasteiger partial charge < -0.3 is 10.2 Å². The second kappa shape index (κ2) is 8.41. The minimum Gasteiger partial charge on any atom is -0.391 e. The molecule has 0 unspecified atom stereocenters. The van der Waals surface area contributed by atoms with Crippen molar-refractivity contribution in [1.29, 1.82) is 0 Å². The number of carbonyl (C=O) groups is 1. The van der Waals surface area contributed by atoms with Gasteiger partial charge in [-0.3, -0.25) is 4.79 Å². The number of hydrogen-bond acceptors (Lipinski definition) is 6. The molecule has 1 aliphatic heterocycles. The molecule has 33 heavy (non-hydrogen) atoms. The lowest BCUT2D eigenvalue weighted by Crippen LogP contribution is -2.50. The molecule has 0 fully saturated rings. The van der Waals surface area contributed by atoms with Gasteiger partial charge in [-0.05, 0) is 23.8 Å². The fraction of sp³-hybridized carbons (Fsp3) is 0.200. The van der Waals surface area contributed by atoms with Crippen LogP contribution in [-0.4, -0.2) is 42.2 Å². The number of halogens is 3. The van der Waals surface area contributed by atoms with Gasteiger partial charge in [0.25, 0.3) is 5.91 Å². The molecule has 1 amide bonds. The van der Waals surface area contributed by atoms with Gasteiger partial charge in [-0.1, -0.05) is 35.2 Å². The first-order valence-electron chi connectivity index (χ1n) is 9.53. The van der Waals surface area contributed by atoms with Crippen molar-refractivity contribution in [2.75, 3.05) is 18.2 Å². The van der Waals surface area contributed by atoms with Crippen molar-refractivity contribution >= 4 is 21.6 Å². The molecule has 1 aromatic heterocycles. The number of fused-ring (bicyclic) bond motifs is 1. The molecule has 1 aliphatic rings. The summed E-state index contributed by atoms with van der Waals surface area (Å²) in [6.07, 6.45) is -2.61. The first kappa shape index (κ1) is 22.6. The molecule has 4 rings (SSSR count). The highest BCUT2D eigenvalue weighted by Crippen LogP contribution is 2.41. The van der Waals surface area contributed by atoms with E-state index in [-0.39, 0.29) is 35.8 Å². The summed E-state index contributed by atoms with van der Waals surface area (Å²) in [6, 6.07) is 12.2. The van der Waals surface area contributed by atoms with Crippen LogP contribution in [0, 0.1) is 0 Å². The van der Waals surface area contributed by atoms with Gasteiger partial charge >= 0.3 is 6.18 Å². The molecule has 2 heterocycles. The van der Waals surface area contributed by atoms with Gasteiger partial charge in [0.1, 0.15) is 19.0 Å². The Labute approximate surface area is 186 Å². The van der Waals surface area contributed by atoms with Crippen LogP contribution in [0.15, 0.2) is 54.7 Å². The Morgan fingerprint density at radius 3 is 2.55 bits per heavy atom. The SMILES string of the molecule is CS(=O)(=O)NN1CNc2cc(C(F)(F)F)c(-c3ccnn3OCc3ccccc3)cc2C1=O. The summed E-state index contributed by atoms with van der Waals surface area (Å²) in [5, 5.41) is 7.35. The first-order valence-corrected chi connectivity index (χ1v) is 11.4. The van der Waals surface area contributed by atoms with Gasteiger partial charge in [0, 0.05) is 11.3 Å². The second-order valence-corrected chi connectivity index (χ2v) is 8.95. The minimum atomic E-state index is -4.74. The van der Waals surface area contributed by atoms with E-state index in [0.29, 0.717) is 0 Å². The van der Waals surface area contributed by atoms with Gasteiger partial charge in [-0.25, -0.2) is 13.4 Å². The number of carbonyl (C=O) groups excluding carboxylic acids is 1. The van der Waals surface area contributed by atoms with Crippen LogP contribution in [0.2, 0.25) is 0 Å². The monoisotopic (exact) mass is 481 g/mol. The summed E-state index contributed by atoms with van der Waals surface area (Å²) in [6.45, 7) is -0.290. The van der Waals surface area contributed by atoms with Crippen molar-refractivity contribution in [2.24, 2.45) is 0 Å². The average Bonchev–Trinajstić information content (AvgIpc) is 3.21. The van der Waals surface area contributed by atoms with Crippen LogP contribution in [0.5, 0.6) is 0 Å². The topological polar surface area (TPSA) is 106 Å². The Bertz CT molecular complexity index is 1290. The molecule has 3 aromatic rings. The number of aromatic nitrogens is 2. The van der Waals surface area contributed by atoms with E-state index >= 15 is 0 Å². The molecule has 9 nitrogen and oxygen atoms in total. The summed E-state index contributed by atoms with van der Waals surface area (Å²) in [5.74, 6) is -0.805. The molecule has 0 saturated heterocycles. The minimum absolute atomic E-state index is 0.0259. The smallest absolute Gasteiger partial charge is 0.391 e. The molecule has 0 radical (unpaired) electrons. The normalized spacial score (nSPS) is 14.1. The summed E-state index contributed by atoms with van der Waals surface area (Å²) in [4.78, 5) is 21.4. The van der Waals surface area contributed by atoms with Crippen LogP contribution in [0.3, 0.4) is 0 Å². The number of hydrazine groups is 1. The maximum Gasteiger partial charge on any atom is 0.417 e. The zero-order valence-electron chi connectivity index (χ0n) is 17.1. The standard InChI is InChI=1S/C20H18F3N5O4S/c1-33(30,31)26-27-12-24-17-10-16(20(21,22)23)14(9-15(17)19(27)29)18-7-8-25-28(18)32-11-13-5-3-2-4-6-13/h2-10,24,26H,11-12H2,1H3. The van der Waals surface area contributed by atoms with E-state index in [1.165, 1.54) is 12.3 Å². The second-order valence-electron chi connectivity index (χ2n) is 7.22. The van der Waals surface area contributed by atoms with E-state index in [1.807, 2.05) is 10.9 Å². The van der Waals surface area contributed by atoms with Gasteiger partial charge in [0.15, 0.2) is 0 Å². The highest BCUT2D eigenvalue weighted by molar-refractivity contribution is 7.88. The van der Waals surface area contributed by atoms with Gasteiger partial charge in [-0.15, -0.1) is 9.93 Å². The Morgan fingerprint density at radius 2 is 1.88 bits per heavy atom. The van der Waals surface area contributed by atoms with E-state index in [1.54, 1.807) is 24.3 Å². The van der Waals surface area contributed by atoms with E-state index in [2.05, 4.69) is 10.4 Å². The fourth-order valence-electron chi connectivity index (χ4n) is 3.32. The summed E-state index contributed by atoms with van der Waals surface area (Å²) in [7, 11) is -3.78. The summed E-state index contributed by atoms with van der Waals surface area (Å²) in [5.41, 5.74) is -0.807. The van der Waals surface area contributed by atoms with Gasteiger partial charge in [-0.2, -0.15) is 13.2 Å². The van der Waals surface area contributed by atoms with E-state index < -0.39 is 27.7 Å². The van der Waals surface area contributed by atoms with Gasteiger partial charge in [0.2, 0.25) is 10.0 Å². The lowest BCUT2D eigenvalue weighted by Gasteiger charge is -2.30. The zero-order chi connectivity index (χ0) is 23.8. The molecular formula is C20H18F3N5O4S. The van der Waals surface area contributed by atoms with E-state index in [9.17, 15) is 26.4 Å². The maximum absolute atomic E-state index is 13.9. The number of sulfonamides is 1. The molecule has 0 atom stereocenters. The first-order chi connectivity index (χ1) is 15.5. The summed E-state index contributed by atoms with van der Waals surface area (Å²) >= 11 is 0. The van der Waals surface area contributed by atoms with Crippen LogP contribution in [0.25, 0.3) is 11.3 Å². The zero-order valence-corrected chi connectivity index (χ0v) is 17.9. The Hall–Kier alpha value is -3.58.